The Morgan fingerprint density at radius 3 is 2.23 bits per heavy atom. The fraction of sp³-hybridized carbons (Fsp3) is 0.250. The van der Waals surface area contributed by atoms with Crippen LogP contribution < -0.4 is 9.09 Å². The van der Waals surface area contributed by atoms with E-state index in [9.17, 15) is 3.74 Å². The van der Waals surface area contributed by atoms with Crippen molar-refractivity contribution in [1.82, 2.24) is 0 Å². The third-order valence-electron chi connectivity index (χ3n) is 1.48. The van der Waals surface area contributed by atoms with Crippen molar-refractivity contribution >= 4 is 18.5 Å². The number of ether oxygens (including phenoxy) is 1. The van der Waals surface area contributed by atoms with Gasteiger partial charge in [-0.05, 0) is 0 Å². The second-order valence-electron chi connectivity index (χ2n) is 2.47. The first-order valence-electron chi connectivity index (χ1n) is 3.83. The van der Waals surface area contributed by atoms with E-state index in [1.165, 1.54) is 12.1 Å². The topological polar surface area (TPSA) is 66.8 Å². The molecule has 0 heterocycles. The van der Waals surface area contributed by atoms with Crippen LogP contribution in [-0.2, 0) is 3.74 Å². The van der Waals surface area contributed by atoms with Gasteiger partial charge in [0.15, 0.2) is 0 Å². The van der Waals surface area contributed by atoms with Crippen molar-refractivity contribution in [3.05, 3.63) is 24.3 Å². The molecule has 0 saturated carbocycles. The van der Waals surface area contributed by atoms with Gasteiger partial charge >= 0.3 is 78.7 Å². The maximum absolute atomic E-state index is 10.8. The summed E-state index contributed by atoms with van der Waals surface area (Å²) in [7, 11) is 0. The van der Waals surface area contributed by atoms with Gasteiger partial charge in [-0.1, -0.05) is 0 Å². The van der Waals surface area contributed by atoms with Crippen LogP contribution in [-0.4, -0.2) is 29.0 Å². The Kier molecular flexibility index (Phi) is 3.20. The van der Waals surface area contributed by atoms with Crippen LogP contribution in [0.15, 0.2) is 24.3 Å². The molecule has 0 saturated heterocycles. The Balaban J connectivity index is 2.88. The van der Waals surface area contributed by atoms with E-state index in [0.29, 0.717) is 12.4 Å². The molecule has 0 aliphatic carbocycles. The van der Waals surface area contributed by atoms with Crippen LogP contribution in [0.5, 0.6) is 5.75 Å². The van der Waals surface area contributed by atoms with E-state index in [1.807, 2.05) is 6.92 Å². The van der Waals surface area contributed by atoms with Gasteiger partial charge in [0.05, 0.1) is 0 Å². The standard InChI is InChI=1S/C8H11AsO4/c1-2-13-8-5-3-7(4-6-8)9(10,11)12/h3-6H,2H2,1H3,(H2,10,11,12). The third kappa shape index (κ3) is 2.92. The van der Waals surface area contributed by atoms with E-state index in [4.69, 9.17) is 12.9 Å². The van der Waals surface area contributed by atoms with Crippen molar-refractivity contribution in [2.45, 2.75) is 6.92 Å². The molecule has 4 nitrogen and oxygen atoms in total. The average molecular weight is 246 g/mol. The van der Waals surface area contributed by atoms with Crippen LogP contribution in [0.2, 0.25) is 0 Å². The second-order valence-corrected chi connectivity index (χ2v) is 5.84. The quantitative estimate of drug-likeness (QED) is 0.715. The monoisotopic (exact) mass is 246 g/mol. The van der Waals surface area contributed by atoms with Gasteiger partial charge in [0.25, 0.3) is 0 Å². The Labute approximate surface area is 79.2 Å². The van der Waals surface area contributed by atoms with E-state index in [0.717, 1.165) is 0 Å². The summed E-state index contributed by atoms with van der Waals surface area (Å²) in [6, 6.07) is 5.90. The van der Waals surface area contributed by atoms with Crippen LogP contribution in [0.1, 0.15) is 6.92 Å². The minimum absolute atomic E-state index is 0.0709. The predicted molar refractivity (Wildman–Crippen MR) is 48.1 cm³/mol. The van der Waals surface area contributed by atoms with Gasteiger partial charge in [0.2, 0.25) is 0 Å². The molecule has 0 radical (unpaired) electrons. The van der Waals surface area contributed by atoms with Crippen molar-refractivity contribution in [3.8, 4) is 5.75 Å². The van der Waals surface area contributed by atoms with Crippen LogP contribution in [0.25, 0.3) is 0 Å². The molecule has 1 aromatic rings. The van der Waals surface area contributed by atoms with Crippen molar-refractivity contribution in [2.75, 3.05) is 6.61 Å². The number of rotatable bonds is 3. The van der Waals surface area contributed by atoms with Crippen LogP contribution in [0.3, 0.4) is 0 Å². The molecule has 0 spiro atoms. The fourth-order valence-corrected chi connectivity index (χ4v) is 2.03. The van der Waals surface area contributed by atoms with Gasteiger partial charge in [-0.2, -0.15) is 0 Å². The van der Waals surface area contributed by atoms with Crippen LogP contribution >= 0.6 is 0 Å². The summed E-state index contributed by atoms with van der Waals surface area (Å²) in [5.41, 5.74) is 0. The van der Waals surface area contributed by atoms with Crippen molar-refractivity contribution < 1.29 is 16.7 Å². The van der Waals surface area contributed by atoms with E-state index in [-0.39, 0.29) is 4.35 Å². The second kappa shape index (κ2) is 4.00. The molecular formula is C8H11AsO4. The molecule has 0 amide bonds. The molecule has 0 aliphatic rings. The zero-order chi connectivity index (χ0) is 9.90. The molecular weight excluding hydrogens is 235 g/mol. The molecule has 0 bridgehead atoms. The molecule has 1 aromatic carbocycles. The van der Waals surface area contributed by atoms with Gasteiger partial charge in [0, 0.05) is 0 Å². The zero-order valence-electron chi connectivity index (χ0n) is 7.17. The Morgan fingerprint density at radius 2 is 1.85 bits per heavy atom. The summed E-state index contributed by atoms with van der Waals surface area (Å²) in [5.74, 6) is 0.621. The summed E-state index contributed by atoms with van der Waals surface area (Å²) < 4.78 is 33.7. The van der Waals surface area contributed by atoms with Crippen molar-refractivity contribution in [1.29, 1.82) is 0 Å². The van der Waals surface area contributed by atoms with E-state index in [2.05, 4.69) is 0 Å². The Hall–Kier alpha value is -0.702. The first-order chi connectivity index (χ1) is 6.04. The molecule has 0 aliphatic heterocycles. The average Bonchev–Trinajstić information content (AvgIpc) is 2.04. The Bertz CT molecular complexity index is 313. The summed E-state index contributed by atoms with van der Waals surface area (Å²) in [6.07, 6.45) is 0. The van der Waals surface area contributed by atoms with Gasteiger partial charge in [-0.15, -0.1) is 0 Å². The van der Waals surface area contributed by atoms with E-state index >= 15 is 0 Å². The minimum atomic E-state index is -4.71. The molecule has 13 heavy (non-hydrogen) atoms. The van der Waals surface area contributed by atoms with Gasteiger partial charge < -0.3 is 0 Å². The first-order valence-corrected chi connectivity index (χ1v) is 7.21. The summed E-state index contributed by atoms with van der Waals surface area (Å²) >= 11 is -4.71. The van der Waals surface area contributed by atoms with E-state index < -0.39 is 14.2 Å². The maximum atomic E-state index is 10.8. The summed E-state index contributed by atoms with van der Waals surface area (Å²) in [5, 5.41) is 0. The number of benzene rings is 1. The molecule has 5 heteroatoms. The summed E-state index contributed by atoms with van der Waals surface area (Å²) in [6.45, 7) is 2.39. The van der Waals surface area contributed by atoms with Crippen molar-refractivity contribution in [2.24, 2.45) is 0 Å². The molecule has 0 fully saturated rings. The molecule has 1 rings (SSSR count). The third-order valence-corrected chi connectivity index (χ3v) is 3.52. The first kappa shape index (κ1) is 10.4. The molecule has 2 N–H and O–H groups in total. The summed E-state index contributed by atoms with van der Waals surface area (Å²) in [4.78, 5) is 0. The van der Waals surface area contributed by atoms with Crippen molar-refractivity contribution in [3.63, 3.8) is 0 Å². The van der Waals surface area contributed by atoms with Gasteiger partial charge in [0.1, 0.15) is 0 Å². The molecule has 0 aromatic heterocycles. The number of hydrogen-bond donors (Lipinski definition) is 2. The number of hydrogen-bond acceptors (Lipinski definition) is 2. The molecule has 0 atom stereocenters. The normalized spacial score (nSPS) is 11.3. The Morgan fingerprint density at radius 1 is 1.31 bits per heavy atom. The van der Waals surface area contributed by atoms with Gasteiger partial charge in [-0.3, -0.25) is 0 Å². The molecule has 0 unspecified atom stereocenters. The zero-order valence-corrected chi connectivity index (χ0v) is 9.05. The predicted octanol–water partition coefficient (Wildman–Crippen LogP) is -0.354. The van der Waals surface area contributed by atoms with Gasteiger partial charge in [-0.25, -0.2) is 0 Å². The fourth-order valence-electron chi connectivity index (χ4n) is 0.903. The van der Waals surface area contributed by atoms with Crippen LogP contribution in [0.4, 0.5) is 0 Å². The SMILES string of the molecule is CCOc1ccc([As](=O)(O)O)cc1. The van der Waals surface area contributed by atoms with Crippen LogP contribution in [0, 0.1) is 0 Å². The molecule has 72 valence electrons. The van der Waals surface area contributed by atoms with E-state index in [1.54, 1.807) is 12.1 Å².